The highest BCUT2D eigenvalue weighted by atomic mass is 16.4. The molecule has 0 aliphatic carbocycles. The van der Waals surface area contributed by atoms with E-state index < -0.39 is 23.8 Å². The van der Waals surface area contributed by atoms with Crippen molar-refractivity contribution in [2.75, 3.05) is 0 Å². The lowest BCUT2D eigenvalue weighted by Crippen LogP contribution is -2.30. The molecule has 0 amide bonds. The Labute approximate surface area is 177 Å². The van der Waals surface area contributed by atoms with Gasteiger partial charge in [0.15, 0.2) is 5.78 Å². The third-order valence-electron chi connectivity index (χ3n) is 5.41. The Morgan fingerprint density at radius 1 is 0.724 bits per heavy atom. The van der Waals surface area contributed by atoms with Gasteiger partial charge in [0.25, 0.3) is 0 Å². The van der Waals surface area contributed by atoms with Crippen molar-refractivity contribution in [1.29, 1.82) is 0 Å². The first-order valence-electron chi connectivity index (χ1n) is 11.8. The number of unbranched alkanes of at least 4 members (excludes halogenated alkanes) is 12. The van der Waals surface area contributed by atoms with Crippen molar-refractivity contribution in [3.63, 3.8) is 0 Å². The molecule has 0 heterocycles. The van der Waals surface area contributed by atoms with Gasteiger partial charge in [-0.1, -0.05) is 97.3 Å². The van der Waals surface area contributed by atoms with Crippen LogP contribution in [0.5, 0.6) is 0 Å². The molecular weight excluding hydrogens is 368 g/mol. The van der Waals surface area contributed by atoms with E-state index in [1.807, 2.05) is 0 Å². The molecule has 0 saturated heterocycles. The summed E-state index contributed by atoms with van der Waals surface area (Å²) in [6.45, 7) is 4.32. The molecule has 0 bridgehead atoms. The number of aliphatic hydroxyl groups excluding tert-OH is 2. The zero-order valence-electron chi connectivity index (χ0n) is 18.7. The third-order valence-corrected chi connectivity index (χ3v) is 5.41. The fourth-order valence-electron chi connectivity index (χ4n) is 3.55. The van der Waals surface area contributed by atoms with E-state index in [1.165, 1.54) is 38.5 Å². The fraction of sp³-hybridized carbons (Fsp3) is 0.833. The Balaban J connectivity index is 4.19. The van der Waals surface area contributed by atoms with Crippen molar-refractivity contribution in [3.05, 3.63) is 11.8 Å². The summed E-state index contributed by atoms with van der Waals surface area (Å²) in [7, 11) is 0. The van der Waals surface area contributed by atoms with Gasteiger partial charge in [0, 0.05) is 12.5 Å². The van der Waals surface area contributed by atoms with Gasteiger partial charge in [0.05, 0.1) is 6.10 Å². The average Bonchev–Trinajstić information content (AvgIpc) is 2.66. The van der Waals surface area contributed by atoms with Gasteiger partial charge in [0.2, 0.25) is 0 Å². The summed E-state index contributed by atoms with van der Waals surface area (Å²) < 4.78 is 0. The minimum absolute atomic E-state index is 0.271. The summed E-state index contributed by atoms with van der Waals surface area (Å²) in [4.78, 5) is 23.5. The van der Waals surface area contributed by atoms with E-state index in [0.29, 0.717) is 19.3 Å². The average molecular weight is 413 g/mol. The van der Waals surface area contributed by atoms with E-state index in [0.717, 1.165) is 51.0 Å². The number of aliphatic hydroxyl groups is 2. The van der Waals surface area contributed by atoms with Crippen LogP contribution in [0.15, 0.2) is 11.8 Å². The van der Waals surface area contributed by atoms with Crippen LogP contribution in [-0.4, -0.2) is 33.2 Å². The molecule has 0 aromatic carbocycles. The Morgan fingerprint density at radius 3 is 1.66 bits per heavy atom. The smallest absolute Gasteiger partial charge is 0.316 e. The number of carbonyl (C=O) groups excluding carboxylic acids is 1. The van der Waals surface area contributed by atoms with Crippen LogP contribution in [0, 0.1) is 5.92 Å². The molecular formula is C24H44O5. The normalized spacial score (nSPS) is 14.0. The largest absolute Gasteiger partial charge is 0.511 e. The molecule has 0 aliphatic rings. The zero-order chi connectivity index (χ0) is 21.9. The maximum absolute atomic E-state index is 12.0. The molecule has 0 rings (SSSR count). The monoisotopic (exact) mass is 412 g/mol. The van der Waals surface area contributed by atoms with Crippen LogP contribution in [0.25, 0.3) is 0 Å². The lowest BCUT2D eigenvalue weighted by Gasteiger charge is -2.18. The molecule has 0 fully saturated rings. The van der Waals surface area contributed by atoms with Gasteiger partial charge >= 0.3 is 5.97 Å². The molecule has 2 unspecified atom stereocenters. The number of carboxylic acid groups (broad SMARTS) is 1. The van der Waals surface area contributed by atoms with Gasteiger partial charge in [-0.15, -0.1) is 0 Å². The van der Waals surface area contributed by atoms with Crippen LogP contribution in [0.1, 0.15) is 117 Å². The second kappa shape index (κ2) is 18.7. The van der Waals surface area contributed by atoms with E-state index in [9.17, 15) is 24.9 Å². The lowest BCUT2D eigenvalue weighted by molar-refractivity contribution is -0.145. The number of ketones is 1. The molecule has 0 aromatic rings. The number of aliphatic carboxylic acids is 1. The molecule has 3 N–H and O–H groups in total. The molecule has 5 heteroatoms. The van der Waals surface area contributed by atoms with Crippen LogP contribution in [0.2, 0.25) is 0 Å². The van der Waals surface area contributed by atoms with E-state index >= 15 is 0 Å². The second-order valence-electron chi connectivity index (χ2n) is 8.20. The summed E-state index contributed by atoms with van der Waals surface area (Å²) in [6.07, 6.45) is 15.8. The number of rotatable bonds is 20. The summed E-state index contributed by atoms with van der Waals surface area (Å²) >= 11 is 0. The number of hydrogen-bond acceptors (Lipinski definition) is 4. The maximum atomic E-state index is 12.0. The molecule has 170 valence electrons. The van der Waals surface area contributed by atoms with Gasteiger partial charge in [-0.3, -0.25) is 9.59 Å². The highest BCUT2D eigenvalue weighted by Crippen LogP contribution is 2.20. The molecule has 0 spiro atoms. The predicted octanol–water partition coefficient (Wildman–Crippen LogP) is 6.34. The van der Waals surface area contributed by atoms with E-state index in [4.69, 9.17) is 0 Å². The number of allylic oxidation sites excluding steroid dienone is 1. The molecule has 5 nitrogen and oxygen atoms in total. The molecule has 2 atom stereocenters. The Hall–Kier alpha value is -1.36. The van der Waals surface area contributed by atoms with Crippen LogP contribution in [0.4, 0.5) is 0 Å². The zero-order valence-corrected chi connectivity index (χ0v) is 18.7. The van der Waals surface area contributed by atoms with E-state index in [1.54, 1.807) is 0 Å². The van der Waals surface area contributed by atoms with Crippen LogP contribution >= 0.6 is 0 Å². The fourth-order valence-corrected chi connectivity index (χ4v) is 3.55. The van der Waals surface area contributed by atoms with Crippen molar-refractivity contribution in [2.24, 2.45) is 5.92 Å². The van der Waals surface area contributed by atoms with Crippen molar-refractivity contribution in [1.82, 2.24) is 0 Å². The second-order valence-corrected chi connectivity index (χ2v) is 8.20. The number of carboxylic acids is 1. The topological polar surface area (TPSA) is 94.8 Å². The van der Waals surface area contributed by atoms with Gasteiger partial charge in [-0.2, -0.15) is 0 Å². The van der Waals surface area contributed by atoms with Crippen molar-refractivity contribution in [3.8, 4) is 0 Å². The maximum Gasteiger partial charge on any atom is 0.316 e. The standard InChI is InChI=1S/C24H44O5/c1-3-5-7-9-10-11-12-14-15-17-20(25)19-22(27)23(24(28)29)21(26)18-16-13-8-6-4-2/h19,21,23,26-27H,3-18H2,1-2H3,(H,28,29). The highest BCUT2D eigenvalue weighted by Gasteiger charge is 2.30. The first-order chi connectivity index (χ1) is 13.9. The van der Waals surface area contributed by atoms with Crippen LogP contribution in [0.3, 0.4) is 0 Å². The molecule has 0 aliphatic heterocycles. The molecule has 0 radical (unpaired) electrons. The Bertz CT molecular complexity index is 458. The Morgan fingerprint density at radius 2 is 1.17 bits per heavy atom. The molecule has 0 aromatic heterocycles. The molecule has 0 saturated carbocycles. The lowest BCUT2D eigenvalue weighted by atomic mass is 9.94. The summed E-state index contributed by atoms with van der Waals surface area (Å²) in [5.41, 5.74) is 0. The number of carbonyl (C=O) groups is 2. The van der Waals surface area contributed by atoms with Crippen molar-refractivity contribution in [2.45, 2.75) is 123 Å². The summed E-state index contributed by atoms with van der Waals surface area (Å²) in [6, 6.07) is 0. The van der Waals surface area contributed by atoms with Crippen LogP contribution in [-0.2, 0) is 9.59 Å². The first kappa shape index (κ1) is 27.6. The summed E-state index contributed by atoms with van der Waals surface area (Å²) in [5.74, 6) is -3.52. The SMILES string of the molecule is CCCCCCCCCCCC(=O)C=C(O)C(C(=O)O)C(O)CCCCCCC. The van der Waals surface area contributed by atoms with Gasteiger partial charge in [0.1, 0.15) is 11.7 Å². The van der Waals surface area contributed by atoms with Crippen molar-refractivity contribution >= 4 is 11.8 Å². The van der Waals surface area contributed by atoms with Gasteiger partial charge < -0.3 is 15.3 Å². The minimum atomic E-state index is -1.42. The van der Waals surface area contributed by atoms with E-state index in [2.05, 4.69) is 13.8 Å². The predicted molar refractivity (Wildman–Crippen MR) is 118 cm³/mol. The molecule has 29 heavy (non-hydrogen) atoms. The highest BCUT2D eigenvalue weighted by molar-refractivity contribution is 5.91. The quantitative estimate of drug-likeness (QED) is 0.123. The number of hydrogen-bond donors (Lipinski definition) is 3. The van der Waals surface area contributed by atoms with Crippen LogP contribution < -0.4 is 0 Å². The van der Waals surface area contributed by atoms with Gasteiger partial charge in [-0.25, -0.2) is 0 Å². The minimum Gasteiger partial charge on any atom is -0.511 e. The Kier molecular flexibility index (Phi) is 17.8. The van der Waals surface area contributed by atoms with Crippen molar-refractivity contribution < 1.29 is 24.9 Å². The summed E-state index contributed by atoms with van der Waals surface area (Å²) in [5, 5.41) is 29.6. The first-order valence-corrected chi connectivity index (χ1v) is 11.8. The van der Waals surface area contributed by atoms with E-state index in [-0.39, 0.29) is 5.78 Å². The van der Waals surface area contributed by atoms with Gasteiger partial charge in [-0.05, 0) is 12.8 Å². The third kappa shape index (κ3) is 15.2.